The van der Waals surface area contributed by atoms with Crippen LogP contribution in [0.5, 0.6) is 11.6 Å². The number of hydrogen-bond donors (Lipinski definition) is 3. The van der Waals surface area contributed by atoms with Crippen molar-refractivity contribution >= 4 is 46.6 Å². The number of anilines is 1. The predicted octanol–water partition coefficient (Wildman–Crippen LogP) is 3.56. The fourth-order valence-corrected chi connectivity index (χ4v) is 2.85. The molecule has 2 rings (SSSR count). The van der Waals surface area contributed by atoms with Gasteiger partial charge < -0.3 is 9.47 Å². The van der Waals surface area contributed by atoms with Gasteiger partial charge in [-0.3, -0.25) is 20.3 Å². The number of hydrazone groups is 1. The first-order valence-corrected chi connectivity index (χ1v) is 9.90. The number of amides is 2. The Morgan fingerprint density at radius 2 is 1.94 bits per heavy atom. The van der Waals surface area contributed by atoms with Gasteiger partial charge >= 0.3 is 6.09 Å². The second kappa shape index (κ2) is 11.1. The summed E-state index contributed by atoms with van der Waals surface area (Å²) in [4.78, 5) is 34.7. The van der Waals surface area contributed by atoms with Crippen molar-refractivity contribution < 1.29 is 19.1 Å². The summed E-state index contributed by atoms with van der Waals surface area (Å²) in [5, 5.41) is 20.9. The lowest BCUT2D eigenvalue weighted by Crippen LogP contribution is -2.36. The maximum atomic E-state index is 11.9. The highest BCUT2D eigenvalue weighted by molar-refractivity contribution is 6.47. The minimum absolute atomic E-state index is 0.0507. The third-order valence-electron chi connectivity index (χ3n) is 3.73. The molecule has 1 heterocycles. The summed E-state index contributed by atoms with van der Waals surface area (Å²) >= 11 is 12.5. The standard InChI is InChI=1S/C19H18Cl2N6O5/c1-4-31-19(30)23-17(29)14(8-22)25-24-10-5-12(20)16(13(21)6-10)32-18-11(9(2)3)7-15(28)26-27-18/h5-7,9,24H,4H2,1-3H3,(H,26,28)(H,23,29,30)/b25-14+. The molecule has 0 aliphatic carbocycles. The summed E-state index contributed by atoms with van der Waals surface area (Å²) < 4.78 is 10.3. The SMILES string of the molecule is CCOC(=O)NC(=O)/C(C#N)=N/Nc1cc(Cl)c(Oc2n[nH]c(=O)cc2C(C)C)c(Cl)c1. The number of ether oxygens (including phenoxy) is 2. The fraction of sp³-hybridized carbons (Fsp3) is 0.263. The summed E-state index contributed by atoms with van der Waals surface area (Å²) in [6, 6.07) is 5.68. The smallest absolute Gasteiger partial charge is 0.414 e. The van der Waals surface area contributed by atoms with Crippen molar-refractivity contribution in [3.05, 3.63) is 44.2 Å². The topological polar surface area (TPSA) is 159 Å². The molecule has 3 N–H and O–H groups in total. The number of nitrogens with zero attached hydrogens (tertiary/aromatic N) is 3. The van der Waals surface area contributed by atoms with Crippen molar-refractivity contribution in [2.75, 3.05) is 12.0 Å². The monoisotopic (exact) mass is 480 g/mol. The van der Waals surface area contributed by atoms with Gasteiger partial charge in [-0.05, 0) is 25.0 Å². The van der Waals surface area contributed by atoms with Gasteiger partial charge in [-0.1, -0.05) is 37.0 Å². The average Bonchev–Trinajstić information content (AvgIpc) is 2.72. The van der Waals surface area contributed by atoms with Gasteiger partial charge in [0.2, 0.25) is 11.6 Å². The molecule has 0 aliphatic heterocycles. The average molecular weight is 481 g/mol. The van der Waals surface area contributed by atoms with Crippen LogP contribution in [0.4, 0.5) is 10.5 Å². The van der Waals surface area contributed by atoms with Gasteiger partial charge in [0.15, 0.2) is 5.75 Å². The Hall–Kier alpha value is -3.62. The summed E-state index contributed by atoms with van der Waals surface area (Å²) in [7, 11) is 0. The number of rotatable bonds is 7. The molecule has 0 aliphatic rings. The Bertz CT molecular complexity index is 1130. The molecule has 0 saturated carbocycles. The number of benzene rings is 1. The number of carbonyl (C=O) groups is 2. The van der Waals surface area contributed by atoms with Crippen LogP contribution in [0, 0.1) is 11.3 Å². The van der Waals surface area contributed by atoms with Crippen molar-refractivity contribution in [3.8, 4) is 17.7 Å². The van der Waals surface area contributed by atoms with Gasteiger partial charge in [0.1, 0.15) is 6.07 Å². The lowest BCUT2D eigenvalue weighted by atomic mass is 10.1. The Labute approximate surface area is 192 Å². The number of aromatic nitrogens is 2. The molecule has 2 aromatic rings. The summed E-state index contributed by atoms with van der Waals surface area (Å²) in [6.07, 6.45) is -1.01. The van der Waals surface area contributed by atoms with Crippen molar-refractivity contribution in [1.29, 1.82) is 5.26 Å². The molecule has 32 heavy (non-hydrogen) atoms. The van der Waals surface area contributed by atoms with Crippen LogP contribution < -0.4 is 21.0 Å². The predicted molar refractivity (Wildman–Crippen MR) is 117 cm³/mol. The van der Waals surface area contributed by atoms with Crippen LogP contribution in [0.25, 0.3) is 0 Å². The summed E-state index contributed by atoms with van der Waals surface area (Å²) in [6.45, 7) is 5.34. The molecule has 0 atom stereocenters. The van der Waals surface area contributed by atoms with E-state index in [1.165, 1.54) is 18.2 Å². The molecular formula is C19H18Cl2N6O5. The van der Waals surface area contributed by atoms with Crippen LogP contribution >= 0.6 is 23.2 Å². The Balaban J connectivity index is 2.24. The number of nitrogens with one attached hydrogen (secondary N) is 3. The molecule has 2 amide bonds. The second-order valence-corrected chi connectivity index (χ2v) is 7.19. The summed E-state index contributed by atoms with van der Waals surface area (Å²) in [5.74, 6) is -0.909. The van der Waals surface area contributed by atoms with E-state index >= 15 is 0 Å². The van der Waals surface area contributed by atoms with Crippen LogP contribution in [-0.4, -0.2) is 34.5 Å². The van der Waals surface area contributed by atoms with Gasteiger partial charge in [-0.25, -0.2) is 9.89 Å². The zero-order valence-electron chi connectivity index (χ0n) is 17.2. The van der Waals surface area contributed by atoms with Gasteiger partial charge in [0, 0.05) is 11.6 Å². The largest absolute Gasteiger partial charge is 0.450 e. The third kappa shape index (κ3) is 6.44. The molecule has 1 aromatic carbocycles. The molecule has 13 heteroatoms. The first-order valence-electron chi connectivity index (χ1n) is 9.14. The van der Waals surface area contributed by atoms with E-state index in [2.05, 4.69) is 25.5 Å². The lowest BCUT2D eigenvalue weighted by Gasteiger charge is -2.14. The van der Waals surface area contributed by atoms with E-state index in [9.17, 15) is 14.4 Å². The van der Waals surface area contributed by atoms with Crippen molar-refractivity contribution in [3.63, 3.8) is 0 Å². The molecule has 1 aromatic heterocycles. The first kappa shape index (κ1) is 24.6. The zero-order chi connectivity index (χ0) is 23.8. The molecule has 168 valence electrons. The van der Waals surface area contributed by atoms with Crippen molar-refractivity contribution in [1.82, 2.24) is 15.5 Å². The van der Waals surface area contributed by atoms with Crippen LogP contribution in [-0.2, 0) is 9.53 Å². The molecular weight excluding hydrogens is 463 g/mol. The number of imide groups is 1. The Morgan fingerprint density at radius 1 is 1.28 bits per heavy atom. The quantitative estimate of drug-likeness (QED) is 0.400. The van der Waals surface area contributed by atoms with E-state index in [1.54, 1.807) is 13.0 Å². The van der Waals surface area contributed by atoms with Gasteiger partial charge in [0.05, 0.1) is 22.3 Å². The van der Waals surface area contributed by atoms with Gasteiger partial charge in [-0.15, -0.1) is 5.10 Å². The van der Waals surface area contributed by atoms with E-state index in [-0.39, 0.29) is 45.4 Å². The number of aromatic amines is 1. The van der Waals surface area contributed by atoms with Gasteiger partial charge in [0.25, 0.3) is 11.5 Å². The maximum Gasteiger partial charge on any atom is 0.414 e. The molecule has 0 unspecified atom stereocenters. The van der Waals surface area contributed by atoms with E-state index < -0.39 is 17.7 Å². The first-order chi connectivity index (χ1) is 15.2. The molecule has 11 nitrogen and oxygen atoms in total. The van der Waals surface area contributed by atoms with E-state index in [0.29, 0.717) is 5.56 Å². The minimum Gasteiger partial charge on any atom is -0.450 e. The molecule has 0 spiro atoms. The molecule has 0 radical (unpaired) electrons. The minimum atomic E-state index is -1.05. The lowest BCUT2D eigenvalue weighted by molar-refractivity contribution is -0.114. The molecule has 0 bridgehead atoms. The van der Waals surface area contributed by atoms with Gasteiger partial charge in [-0.2, -0.15) is 10.4 Å². The molecule has 0 saturated heterocycles. The number of alkyl carbamates (subject to hydrolysis) is 1. The van der Waals surface area contributed by atoms with E-state index in [4.69, 9.17) is 33.2 Å². The normalized spacial score (nSPS) is 11.0. The highest BCUT2D eigenvalue weighted by Gasteiger charge is 2.18. The zero-order valence-corrected chi connectivity index (χ0v) is 18.7. The van der Waals surface area contributed by atoms with Crippen molar-refractivity contribution in [2.24, 2.45) is 5.10 Å². The number of H-pyrrole nitrogens is 1. The number of hydrogen-bond acceptors (Lipinski definition) is 9. The summed E-state index contributed by atoms with van der Waals surface area (Å²) in [5.41, 5.74) is 2.22. The highest BCUT2D eigenvalue weighted by Crippen LogP contribution is 2.39. The van der Waals surface area contributed by atoms with E-state index in [0.717, 1.165) is 0 Å². The van der Waals surface area contributed by atoms with Crippen molar-refractivity contribution in [2.45, 2.75) is 26.7 Å². The van der Waals surface area contributed by atoms with Crippen LogP contribution in [0.15, 0.2) is 28.1 Å². The maximum absolute atomic E-state index is 11.9. The second-order valence-electron chi connectivity index (χ2n) is 6.38. The van der Waals surface area contributed by atoms with E-state index in [1.807, 2.05) is 19.2 Å². The Morgan fingerprint density at radius 3 is 2.50 bits per heavy atom. The highest BCUT2D eigenvalue weighted by atomic mass is 35.5. The number of carbonyl (C=O) groups excluding carboxylic acids is 2. The molecule has 0 fully saturated rings. The third-order valence-corrected chi connectivity index (χ3v) is 4.29. The number of nitriles is 1. The van der Waals surface area contributed by atoms with Crippen LogP contribution in [0.3, 0.4) is 0 Å². The van der Waals surface area contributed by atoms with Crippen LogP contribution in [0.1, 0.15) is 32.3 Å². The Kier molecular flexibility index (Phi) is 8.57. The fourth-order valence-electron chi connectivity index (χ4n) is 2.29. The van der Waals surface area contributed by atoms with Crippen LogP contribution in [0.2, 0.25) is 10.0 Å². The number of halogens is 2.